The van der Waals surface area contributed by atoms with Crippen LogP contribution >= 0.6 is 0 Å². The van der Waals surface area contributed by atoms with Gasteiger partial charge in [0.1, 0.15) is 11.2 Å². The van der Waals surface area contributed by atoms with E-state index < -0.39 is 0 Å². The van der Waals surface area contributed by atoms with Crippen molar-refractivity contribution in [2.45, 2.75) is 25.7 Å². The smallest absolute Gasteiger partial charge is 0.160 e. The second-order valence-electron chi connectivity index (χ2n) is 16.9. The van der Waals surface area contributed by atoms with E-state index in [-0.39, 0.29) is 0 Å². The summed E-state index contributed by atoms with van der Waals surface area (Å²) >= 11 is 0. The molecule has 0 saturated heterocycles. The Labute approximate surface area is 370 Å². The van der Waals surface area contributed by atoms with E-state index in [0.717, 1.165) is 125 Å². The van der Waals surface area contributed by atoms with Crippen molar-refractivity contribution in [3.63, 3.8) is 0 Å². The first-order valence-electron chi connectivity index (χ1n) is 22.2. The Hall–Kier alpha value is -8.15. The molecule has 13 rings (SSSR count). The molecule has 0 spiro atoms. The molecule has 0 unspecified atom stereocenters. The lowest BCUT2D eigenvalue weighted by atomic mass is 9.89. The van der Waals surface area contributed by atoms with Crippen molar-refractivity contribution < 1.29 is 4.42 Å². The van der Waals surface area contributed by atoms with Crippen LogP contribution in [0.15, 0.2) is 186 Å². The molecule has 11 aromatic rings. The number of hydrogen-bond donors (Lipinski definition) is 0. The minimum atomic E-state index is 0.653. The molecule has 5 nitrogen and oxygen atoms in total. The third-order valence-electron chi connectivity index (χ3n) is 13.1. The fraction of sp³-hybridized carbons (Fsp3) is 0.0678. The molecule has 64 heavy (non-hydrogen) atoms. The largest absolute Gasteiger partial charge is 0.456 e. The van der Waals surface area contributed by atoms with Crippen molar-refractivity contribution in [1.29, 1.82) is 0 Å². The van der Waals surface area contributed by atoms with Crippen molar-refractivity contribution in [2.75, 3.05) is 0 Å². The van der Waals surface area contributed by atoms with E-state index in [1.54, 1.807) is 0 Å². The first-order chi connectivity index (χ1) is 31.7. The molecule has 4 heterocycles. The third-order valence-corrected chi connectivity index (χ3v) is 13.1. The molecule has 0 bridgehead atoms. The monoisotopic (exact) mass is 820 g/mol. The van der Waals surface area contributed by atoms with Crippen LogP contribution in [-0.4, -0.2) is 19.5 Å². The number of fused-ring (bicyclic) bond motifs is 9. The van der Waals surface area contributed by atoms with Crippen LogP contribution in [0, 0.1) is 0 Å². The van der Waals surface area contributed by atoms with Crippen molar-refractivity contribution in [2.24, 2.45) is 0 Å². The van der Waals surface area contributed by atoms with Crippen LogP contribution in [0.1, 0.15) is 35.4 Å². The van der Waals surface area contributed by atoms with Crippen LogP contribution in [0.5, 0.6) is 0 Å². The Morgan fingerprint density at radius 1 is 0.438 bits per heavy atom. The van der Waals surface area contributed by atoms with Crippen LogP contribution < -0.4 is 0 Å². The molecule has 7 aromatic carbocycles. The second-order valence-corrected chi connectivity index (χ2v) is 16.9. The molecular formula is C59H40N4O. The van der Waals surface area contributed by atoms with Gasteiger partial charge in [-0.05, 0) is 97.0 Å². The van der Waals surface area contributed by atoms with Gasteiger partial charge in [-0.3, -0.25) is 0 Å². The zero-order valence-corrected chi connectivity index (χ0v) is 35.0. The minimum Gasteiger partial charge on any atom is -0.456 e. The fourth-order valence-corrected chi connectivity index (χ4v) is 10.3. The van der Waals surface area contributed by atoms with Gasteiger partial charge in [0, 0.05) is 71.8 Å². The Morgan fingerprint density at radius 2 is 1.06 bits per heavy atom. The van der Waals surface area contributed by atoms with E-state index in [9.17, 15) is 0 Å². The summed E-state index contributed by atoms with van der Waals surface area (Å²) in [5.41, 5.74) is 18.2. The number of para-hydroxylation sites is 2. The second kappa shape index (κ2) is 14.7. The molecule has 2 aliphatic carbocycles. The van der Waals surface area contributed by atoms with Crippen LogP contribution in [-0.2, 0) is 12.8 Å². The number of benzene rings is 7. The van der Waals surface area contributed by atoms with E-state index >= 15 is 0 Å². The van der Waals surface area contributed by atoms with Gasteiger partial charge in [-0.25, -0.2) is 15.0 Å². The number of nitrogens with zero attached hydrogens (tertiary/aromatic N) is 4. The summed E-state index contributed by atoms with van der Waals surface area (Å²) in [6.07, 6.45) is 13.6. The lowest BCUT2D eigenvalue weighted by Crippen LogP contribution is -2.03. The molecule has 4 aromatic heterocycles. The van der Waals surface area contributed by atoms with Gasteiger partial charge in [0.2, 0.25) is 0 Å². The van der Waals surface area contributed by atoms with Crippen molar-refractivity contribution in [3.8, 4) is 62.0 Å². The molecule has 2 aliphatic rings. The number of furan rings is 1. The first-order valence-corrected chi connectivity index (χ1v) is 22.2. The molecule has 0 aliphatic heterocycles. The molecule has 0 radical (unpaired) electrons. The van der Waals surface area contributed by atoms with E-state index in [1.165, 1.54) is 22.5 Å². The Morgan fingerprint density at radius 3 is 1.84 bits per heavy atom. The van der Waals surface area contributed by atoms with Crippen molar-refractivity contribution in [3.05, 3.63) is 205 Å². The highest BCUT2D eigenvalue weighted by Crippen LogP contribution is 2.46. The van der Waals surface area contributed by atoms with Crippen LogP contribution in [0.3, 0.4) is 0 Å². The molecule has 0 amide bonds. The number of aromatic nitrogens is 4. The van der Waals surface area contributed by atoms with Gasteiger partial charge in [-0.15, -0.1) is 0 Å². The zero-order valence-electron chi connectivity index (χ0n) is 35.0. The SMILES string of the molecule is C1=Cc2c(c3c(n2-c2cccc(-c4cc(-c5ccccc5)nc(-c5cccc(-c6nc7ccccc7c7c(-c8ccccc8)c8c(cc67)oc6ccccc68)c5)n4)c2)C=CCC3)CC1. The summed E-state index contributed by atoms with van der Waals surface area (Å²) < 4.78 is 9.11. The van der Waals surface area contributed by atoms with Crippen LogP contribution in [0.4, 0.5) is 0 Å². The van der Waals surface area contributed by atoms with Gasteiger partial charge >= 0.3 is 0 Å². The highest BCUT2D eigenvalue weighted by molar-refractivity contribution is 6.27. The van der Waals surface area contributed by atoms with Gasteiger partial charge in [0.15, 0.2) is 5.82 Å². The fourth-order valence-electron chi connectivity index (χ4n) is 10.3. The average Bonchev–Trinajstić information content (AvgIpc) is 3.91. The summed E-state index contributed by atoms with van der Waals surface area (Å²) in [6.45, 7) is 0. The lowest BCUT2D eigenvalue weighted by molar-refractivity contribution is 0.669. The van der Waals surface area contributed by atoms with E-state index in [1.807, 2.05) is 12.1 Å². The summed E-state index contributed by atoms with van der Waals surface area (Å²) in [5.74, 6) is 0.653. The number of rotatable bonds is 6. The minimum absolute atomic E-state index is 0.653. The van der Waals surface area contributed by atoms with Crippen molar-refractivity contribution >= 4 is 55.8 Å². The molecule has 0 atom stereocenters. The summed E-state index contributed by atoms with van der Waals surface area (Å²) in [6, 6.07) is 59.7. The lowest BCUT2D eigenvalue weighted by Gasteiger charge is -2.16. The predicted octanol–water partition coefficient (Wildman–Crippen LogP) is 15.1. The normalized spacial score (nSPS) is 13.2. The average molecular weight is 821 g/mol. The van der Waals surface area contributed by atoms with E-state index in [0.29, 0.717) is 5.82 Å². The van der Waals surface area contributed by atoms with E-state index in [4.69, 9.17) is 19.4 Å². The molecule has 0 fully saturated rings. The van der Waals surface area contributed by atoms with E-state index in [2.05, 4.69) is 187 Å². The standard InChI is InChI=1S/C59H40N4O/c1-3-17-37(18-4-1)49-36-50(39-21-16-24-42(34-39)63-51-30-12-8-25-43(51)44-26-9-13-31-52(44)63)62-59(61-49)41-23-15-22-40(33-41)58-47-35-54-57(46-28-10-14-32-53(46)64-54)55(38-19-5-2-6-20-38)56(47)45-27-7-11-29-48(45)60-58/h1-7,10-24,27-36H,8-9,25-26H2. The zero-order chi connectivity index (χ0) is 42.1. The Kier molecular flexibility index (Phi) is 8.41. The molecule has 0 N–H and O–H groups in total. The Bertz CT molecular complexity index is 3680. The maximum atomic E-state index is 6.66. The van der Waals surface area contributed by atoms with Gasteiger partial charge in [0.05, 0.1) is 22.6 Å². The number of allylic oxidation sites excluding steroid dienone is 2. The van der Waals surface area contributed by atoms with Crippen LogP contribution in [0.25, 0.3) is 118 Å². The molecule has 5 heteroatoms. The quantitative estimate of drug-likeness (QED) is 0.157. The molecule has 302 valence electrons. The number of hydrogen-bond acceptors (Lipinski definition) is 4. The maximum Gasteiger partial charge on any atom is 0.160 e. The summed E-state index contributed by atoms with van der Waals surface area (Å²) in [7, 11) is 0. The third kappa shape index (κ3) is 5.89. The topological polar surface area (TPSA) is 56.7 Å². The predicted molar refractivity (Wildman–Crippen MR) is 263 cm³/mol. The highest BCUT2D eigenvalue weighted by Gasteiger charge is 2.25. The van der Waals surface area contributed by atoms with Gasteiger partial charge in [0.25, 0.3) is 0 Å². The Balaban J connectivity index is 1.01. The molecule has 0 saturated carbocycles. The maximum absolute atomic E-state index is 6.66. The molecular weight excluding hydrogens is 781 g/mol. The van der Waals surface area contributed by atoms with Gasteiger partial charge < -0.3 is 8.98 Å². The first kappa shape index (κ1) is 36.5. The van der Waals surface area contributed by atoms with Gasteiger partial charge in [-0.2, -0.15) is 0 Å². The van der Waals surface area contributed by atoms with Gasteiger partial charge in [-0.1, -0.05) is 140 Å². The van der Waals surface area contributed by atoms with Crippen molar-refractivity contribution in [1.82, 2.24) is 19.5 Å². The summed E-state index contributed by atoms with van der Waals surface area (Å²) in [4.78, 5) is 16.1. The van der Waals surface area contributed by atoms with Crippen LogP contribution in [0.2, 0.25) is 0 Å². The summed E-state index contributed by atoms with van der Waals surface area (Å²) in [5, 5.41) is 5.48. The number of pyridine rings is 1. The highest BCUT2D eigenvalue weighted by atomic mass is 16.3.